The Morgan fingerprint density at radius 2 is 1.75 bits per heavy atom. The van der Waals surface area contributed by atoms with Gasteiger partial charge in [-0.1, -0.05) is 56.1 Å². The molecule has 0 radical (unpaired) electrons. The number of ether oxygens (including phenoxy) is 1. The van der Waals surface area contributed by atoms with Crippen molar-refractivity contribution in [1.82, 2.24) is 14.8 Å². The molecule has 0 aliphatic carbocycles. The maximum atomic E-state index is 13.1. The fourth-order valence-electron chi connectivity index (χ4n) is 2.68. The topological polar surface area (TPSA) is 57.0 Å². The first-order chi connectivity index (χ1) is 13.2. The summed E-state index contributed by atoms with van der Waals surface area (Å²) in [5.41, 5.74) is 2.26. The van der Waals surface area contributed by atoms with Crippen LogP contribution in [-0.4, -0.2) is 27.3 Å². The van der Waals surface area contributed by atoms with E-state index in [2.05, 4.69) is 30.9 Å². The molecule has 0 atom stereocenters. The molecule has 0 aliphatic rings. The normalized spacial score (nSPS) is 11.5. The molecule has 0 unspecified atom stereocenters. The standard InChI is InChI=1S/C21H21Cl2N3O2/c1-5-28-20-24-18(14-8-11-16(22)17(23)12-14)26(25-20)19(27)13-6-9-15(10-7-13)21(2,3)4/h6-12H,5H2,1-4H3. The van der Waals surface area contributed by atoms with Crippen LogP contribution in [0.15, 0.2) is 42.5 Å². The number of aromatic nitrogens is 3. The van der Waals surface area contributed by atoms with Crippen LogP contribution in [0.5, 0.6) is 6.01 Å². The molecule has 1 heterocycles. The van der Waals surface area contributed by atoms with Gasteiger partial charge in [0.1, 0.15) is 0 Å². The fourth-order valence-corrected chi connectivity index (χ4v) is 2.98. The molecule has 2 aromatic carbocycles. The summed E-state index contributed by atoms with van der Waals surface area (Å²) in [7, 11) is 0. The summed E-state index contributed by atoms with van der Waals surface area (Å²) in [6.45, 7) is 8.58. The molecule has 0 saturated heterocycles. The van der Waals surface area contributed by atoms with E-state index in [1.54, 1.807) is 30.3 Å². The number of hydrogen-bond acceptors (Lipinski definition) is 4. The molecule has 0 aliphatic heterocycles. The van der Waals surface area contributed by atoms with Gasteiger partial charge in [-0.2, -0.15) is 9.67 Å². The lowest BCUT2D eigenvalue weighted by atomic mass is 9.87. The summed E-state index contributed by atoms with van der Waals surface area (Å²) in [6, 6.07) is 12.7. The molecule has 0 bridgehead atoms. The van der Waals surface area contributed by atoms with Crippen molar-refractivity contribution in [3.05, 3.63) is 63.6 Å². The second-order valence-corrected chi connectivity index (χ2v) is 8.14. The first kappa shape index (κ1) is 20.4. The molecule has 1 aromatic heterocycles. The molecule has 0 N–H and O–H groups in total. The smallest absolute Gasteiger partial charge is 0.336 e. The summed E-state index contributed by atoms with van der Waals surface area (Å²) >= 11 is 12.1. The average molecular weight is 418 g/mol. The van der Waals surface area contributed by atoms with E-state index >= 15 is 0 Å². The molecule has 146 valence electrons. The van der Waals surface area contributed by atoms with Crippen molar-refractivity contribution in [3.63, 3.8) is 0 Å². The lowest BCUT2D eigenvalue weighted by Gasteiger charge is -2.19. The van der Waals surface area contributed by atoms with Gasteiger partial charge in [-0.15, -0.1) is 5.10 Å². The Balaban J connectivity index is 2.04. The monoisotopic (exact) mass is 417 g/mol. The molecule has 0 spiro atoms. The lowest BCUT2D eigenvalue weighted by Crippen LogP contribution is -2.16. The van der Waals surface area contributed by atoms with E-state index in [1.165, 1.54) is 4.68 Å². The van der Waals surface area contributed by atoms with Crippen LogP contribution in [0.3, 0.4) is 0 Å². The molecule has 0 saturated carbocycles. The minimum atomic E-state index is -0.306. The molecule has 0 amide bonds. The van der Waals surface area contributed by atoms with E-state index < -0.39 is 0 Å². The van der Waals surface area contributed by atoms with Crippen molar-refractivity contribution in [2.24, 2.45) is 0 Å². The molecular weight excluding hydrogens is 397 g/mol. The zero-order valence-electron chi connectivity index (χ0n) is 16.2. The van der Waals surface area contributed by atoms with E-state index in [4.69, 9.17) is 27.9 Å². The lowest BCUT2D eigenvalue weighted by molar-refractivity contribution is 0.0944. The second-order valence-electron chi connectivity index (χ2n) is 7.32. The Hall–Kier alpha value is -2.37. The van der Waals surface area contributed by atoms with Gasteiger partial charge in [0, 0.05) is 11.1 Å². The number of carbonyl (C=O) groups is 1. The van der Waals surface area contributed by atoms with Gasteiger partial charge in [0.25, 0.3) is 5.91 Å². The van der Waals surface area contributed by atoms with Crippen LogP contribution in [0.4, 0.5) is 0 Å². The van der Waals surface area contributed by atoms with E-state index in [-0.39, 0.29) is 17.3 Å². The highest BCUT2D eigenvalue weighted by molar-refractivity contribution is 6.42. The van der Waals surface area contributed by atoms with Crippen LogP contribution in [0.2, 0.25) is 10.0 Å². The Morgan fingerprint density at radius 1 is 1.07 bits per heavy atom. The highest BCUT2D eigenvalue weighted by Crippen LogP contribution is 2.29. The third kappa shape index (κ3) is 4.21. The van der Waals surface area contributed by atoms with Crippen LogP contribution >= 0.6 is 23.2 Å². The van der Waals surface area contributed by atoms with E-state index in [0.29, 0.717) is 33.6 Å². The van der Waals surface area contributed by atoms with Gasteiger partial charge >= 0.3 is 6.01 Å². The number of rotatable bonds is 4. The van der Waals surface area contributed by atoms with Gasteiger partial charge in [0.2, 0.25) is 0 Å². The van der Waals surface area contributed by atoms with Crippen molar-refractivity contribution >= 4 is 29.1 Å². The summed E-state index contributed by atoms with van der Waals surface area (Å²) < 4.78 is 6.63. The predicted octanol–water partition coefficient (Wildman–Crippen LogP) is 5.64. The second kappa shape index (κ2) is 7.94. The van der Waals surface area contributed by atoms with Gasteiger partial charge in [-0.3, -0.25) is 4.79 Å². The van der Waals surface area contributed by atoms with Gasteiger partial charge in [-0.05, 0) is 48.2 Å². The molecule has 7 heteroatoms. The number of halogens is 2. The Morgan fingerprint density at radius 3 is 2.32 bits per heavy atom. The number of hydrogen-bond donors (Lipinski definition) is 0. The van der Waals surface area contributed by atoms with Crippen LogP contribution < -0.4 is 4.74 Å². The van der Waals surface area contributed by atoms with Crippen molar-refractivity contribution in [2.75, 3.05) is 6.61 Å². The Bertz CT molecular complexity index is 1010. The minimum absolute atomic E-state index is 0.00217. The first-order valence-electron chi connectivity index (χ1n) is 8.91. The van der Waals surface area contributed by atoms with E-state index in [0.717, 1.165) is 5.56 Å². The van der Waals surface area contributed by atoms with Crippen molar-refractivity contribution in [1.29, 1.82) is 0 Å². The molecule has 0 fully saturated rings. The first-order valence-corrected chi connectivity index (χ1v) is 9.67. The average Bonchev–Trinajstić information content (AvgIpc) is 3.07. The highest BCUT2D eigenvalue weighted by Gasteiger charge is 2.21. The highest BCUT2D eigenvalue weighted by atomic mass is 35.5. The largest absolute Gasteiger partial charge is 0.463 e. The number of carbonyl (C=O) groups excluding carboxylic acids is 1. The SMILES string of the molecule is CCOc1nc(-c2ccc(Cl)c(Cl)c2)n(C(=O)c2ccc(C(C)(C)C)cc2)n1. The third-order valence-electron chi connectivity index (χ3n) is 4.23. The van der Waals surface area contributed by atoms with Crippen LogP contribution in [0, 0.1) is 0 Å². The maximum Gasteiger partial charge on any atom is 0.336 e. The van der Waals surface area contributed by atoms with Crippen molar-refractivity contribution in [2.45, 2.75) is 33.1 Å². The van der Waals surface area contributed by atoms with Gasteiger partial charge in [0.05, 0.1) is 16.7 Å². The molecule has 5 nitrogen and oxygen atoms in total. The molecule has 3 rings (SSSR count). The van der Waals surface area contributed by atoms with Crippen LogP contribution in [0.25, 0.3) is 11.4 Å². The fraction of sp³-hybridized carbons (Fsp3) is 0.286. The van der Waals surface area contributed by atoms with Crippen molar-refractivity contribution in [3.8, 4) is 17.4 Å². The van der Waals surface area contributed by atoms with E-state index in [9.17, 15) is 4.79 Å². The van der Waals surface area contributed by atoms with E-state index in [1.807, 2.05) is 19.1 Å². The Kier molecular flexibility index (Phi) is 5.77. The third-order valence-corrected chi connectivity index (χ3v) is 4.97. The molecule has 28 heavy (non-hydrogen) atoms. The minimum Gasteiger partial charge on any atom is -0.463 e. The van der Waals surface area contributed by atoms with Gasteiger partial charge < -0.3 is 4.74 Å². The molecular formula is C21H21Cl2N3O2. The van der Waals surface area contributed by atoms with Crippen LogP contribution in [0.1, 0.15) is 43.6 Å². The zero-order chi connectivity index (χ0) is 20.5. The summed E-state index contributed by atoms with van der Waals surface area (Å²) in [4.78, 5) is 17.5. The predicted molar refractivity (Wildman–Crippen MR) is 112 cm³/mol. The quantitative estimate of drug-likeness (QED) is 0.551. The summed E-state index contributed by atoms with van der Waals surface area (Å²) in [5.74, 6) is 0.0342. The van der Waals surface area contributed by atoms with Gasteiger partial charge in [-0.25, -0.2) is 0 Å². The number of benzene rings is 2. The maximum absolute atomic E-state index is 13.1. The number of nitrogens with zero attached hydrogens (tertiary/aromatic N) is 3. The summed E-state index contributed by atoms with van der Waals surface area (Å²) in [5, 5.41) is 5.02. The zero-order valence-corrected chi connectivity index (χ0v) is 17.7. The summed E-state index contributed by atoms with van der Waals surface area (Å²) in [6.07, 6.45) is 0. The van der Waals surface area contributed by atoms with Gasteiger partial charge in [0.15, 0.2) is 5.82 Å². The molecule has 3 aromatic rings. The Labute approximate surface area is 174 Å². The van der Waals surface area contributed by atoms with Crippen LogP contribution in [-0.2, 0) is 5.41 Å². The van der Waals surface area contributed by atoms with Crippen molar-refractivity contribution < 1.29 is 9.53 Å².